The summed E-state index contributed by atoms with van der Waals surface area (Å²) in [5.41, 5.74) is 2.38. The number of carbonyl (C=O) groups excluding carboxylic acids is 2. The molecule has 2 aliphatic rings. The molecule has 1 amide bonds. The Hall–Kier alpha value is -3.61. The number of benzene rings is 1. The first-order chi connectivity index (χ1) is 17.8. The van der Waals surface area contributed by atoms with E-state index in [1.54, 1.807) is 19.3 Å². The van der Waals surface area contributed by atoms with Gasteiger partial charge in [-0.1, -0.05) is 18.7 Å². The van der Waals surface area contributed by atoms with Gasteiger partial charge in [0.1, 0.15) is 12.3 Å². The summed E-state index contributed by atoms with van der Waals surface area (Å²) in [4.78, 5) is 47.4. The number of hydrogen-bond donors (Lipinski definition) is 1. The minimum absolute atomic E-state index is 0.0612. The summed E-state index contributed by atoms with van der Waals surface area (Å²) in [7, 11) is 0. The lowest BCUT2D eigenvalue weighted by atomic mass is 9.79. The molecular formula is C25H22N4O6S2. The summed E-state index contributed by atoms with van der Waals surface area (Å²) in [5.74, 6) is -1.80. The standard InChI is InChI=1S/C25H22N4O6S2/c1-13-20-19(14(2)30)23(31)28(20)21(24(32)35-11-15-3-5-17(6-4-15)29(33)34)22(13)37-25-27-18(12-36-25)16-7-9-26-10-8-16/h3-10,12-14,19-20,30H,11H2,1-2H3/t13-,14?,19-,20-/m1/s1. The number of esters is 1. The largest absolute Gasteiger partial charge is 0.456 e. The lowest BCUT2D eigenvalue weighted by Gasteiger charge is -2.46. The average Bonchev–Trinajstić information content (AvgIpc) is 3.45. The van der Waals surface area contributed by atoms with Crippen LogP contribution < -0.4 is 0 Å². The Kier molecular flexibility index (Phi) is 6.80. The topological polar surface area (TPSA) is 136 Å². The summed E-state index contributed by atoms with van der Waals surface area (Å²) in [6, 6.07) is 9.09. The smallest absolute Gasteiger partial charge is 0.356 e. The van der Waals surface area contributed by atoms with Crippen LogP contribution in [-0.2, 0) is 20.9 Å². The van der Waals surface area contributed by atoms with E-state index in [0.29, 0.717) is 14.8 Å². The van der Waals surface area contributed by atoms with Crippen LogP contribution >= 0.6 is 23.1 Å². The number of carbonyl (C=O) groups is 2. The van der Waals surface area contributed by atoms with Gasteiger partial charge in [-0.25, -0.2) is 9.78 Å². The zero-order chi connectivity index (χ0) is 26.3. The number of β-lactam (4-membered cyclic amide) rings is 1. The molecule has 0 radical (unpaired) electrons. The van der Waals surface area contributed by atoms with E-state index in [9.17, 15) is 24.8 Å². The van der Waals surface area contributed by atoms with E-state index < -0.39 is 22.9 Å². The Balaban J connectivity index is 1.41. The second-order valence-electron chi connectivity index (χ2n) is 8.80. The molecule has 1 unspecified atom stereocenters. The maximum atomic E-state index is 13.3. The Labute approximate surface area is 220 Å². The Bertz CT molecular complexity index is 1390. The van der Waals surface area contributed by atoms with Crippen molar-refractivity contribution in [1.29, 1.82) is 0 Å². The molecule has 1 saturated heterocycles. The number of nitro benzene ring substituents is 1. The molecule has 2 aromatic heterocycles. The van der Waals surface area contributed by atoms with E-state index in [1.165, 1.54) is 52.3 Å². The van der Waals surface area contributed by atoms with Crippen LogP contribution in [0.3, 0.4) is 0 Å². The second kappa shape index (κ2) is 10.0. The fourth-order valence-corrected chi connectivity index (χ4v) is 6.73. The third-order valence-corrected chi connectivity index (χ3v) is 8.70. The minimum atomic E-state index is -0.851. The molecule has 0 saturated carbocycles. The van der Waals surface area contributed by atoms with Crippen LogP contribution in [0, 0.1) is 22.0 Å². The molecule has 12 heteroatoms. The van der Waals surface area contributed by atoms with Crippen LogP contribution in [0.15, 0.2) is 69.1 Å². The number of thioether (sulfide) groups is 1. The SMILES string of the molecule is CC(O)[C@H]1C(=O)N2C(C(=O)OCc3ccc([N+](=O)[O-])cc3)=C(Sc3nc(-c4ccncc4)cs3)[C@H](C)[C@H]12. The molecular weight excluding hydrogens is 516 g/mol. The predicted octanol–water partition coefficient (Wildman–Crippen LogP) is 4.02. The zero-order valence-corrected chi connectivity index (χ0v) is 21.4. The maximum absolute atomic E-state index is 13.3. The van der Waals surface area contributed by atoms with Crippen molar-refractivity contribution in [2.45, 2.75) is 36.9 Å². The van der Waals surface area contributed by atoms with Gasteiger partial charge in [0.15, 0.2) is 4.34 Å². The molecule has 4 heterocycles. The van der Waals surface area contributed by atoms with Gasteiger partial charge in [0.05, 0.1) is 28.7 Å². The quantitative estimate of drug-likeness (QED) is 0.195. The second-order valence-corrected chi connectivity index (χ2v) is 11.0. The van der Waals surface area contributed by atoms with Crippen molar-refractivity contribution in [3.63, 3.8) is 0 Å². The number of hydrogen-bond acceptors (Lipinski definition) is 10. The summed E-state index contributed by atoms with van der Waals surface area (Å²) in [5, 5.41) is 23.0. The summed E-state index contributed by atoms with van der Waals surface area (Å²) in [6.45, 7) is 3.39. The number of nitro groups is 1. The maximum Gasteiger partial charge on any atom is 0.356 e. The molecule has 2 aliphatic heterocycles. The van der Waals surface area contributed by atoms with Crippen LogP contribution in [-0.4, -0.2) is 48.9 Å². The van der Waals surface area contributed by atoms with E-state index in [2.05, 4.69) is 4.98 Å². The first-order valence-corrected chi connectivity index (χ1v) is 13.2. The van der Waals surface area contributed by atoms with Crippen LogP contribution in [0.4, 0.5) is 5.69 Å². The van der Waals surface area contributed by atoms with Gasteiger partial charge in [0.25, 0.3) is 5.69 Å². The Morgan fingerprint density at radius 1 is 1.27 bits per heavy atom. The molecule has 4 atom stereocenters. The number of nitrogens with zero attached hydrogens (tertiary/aromatic N) is 4. The number of aliphatic hydroxyl groups is 1. The Morgan fingerprint density at radius 3 is 2.62 bits per heavy atom. The lowest BCUT2D eigenvalue weighted by Crippen LogP contribution is -2.63. The number of aliphatic hydroxyl groups excluding tert-OH is 1. The molecule has 37 heavy (non-hydrogen) atoms. The monoisotopic (exact) mass is 538 g/mol. The lowest BCUT2D eigenvalue weighted by molar-refractivity contribution is -0.384. The molecule has 1 fully saturated rings. The molecule has 1 aromatic carbocycles. The van der Waals surface area contributed by atoms with Gasteiger partial charge in [-0.3, -0.25) is 19.9 Å². The van der Waals surface area contributed by atoms with Crippen LogP contribution in [0.25, 0.3) is 11.3 Å². The van der Waals surface area contributed by atoms with E-state index in [4.69, 9.17) is 9.72 Å². The molecule has 0 bridgehead atoms. The number of thiazole rings is 1. The minimum Gasteiger partial charge on any atom is -0.456 e. The van der Waals surface area contributed by atoms with E-state index >= 15 is 0 Å². The first kappa shape index (κ1) is 25.1. The molecule has 5 rings (SSSR count). The highest BCUT2D eigenvalue weighted by molar-refractivity contribution is 8.04. The third-order valence-electron chi connectivity index (χ3n) is 6.48. The van der Waals surface area contributed by atoms with Crippen molar-refractivity contribution < 1.29 is 24.4 Å². The number of rotatable bonds is 8. The van der Waals surface area contributed by atoms with E-state index in [-0.39, 0.29) is 35.9 Å². The van der Waals surface area contributed by atoms with Gasteiger partial charge < -0.3 is 14.7 Å². The summed E-state index contributed by atoms with van der Waals surface area (Å²) < 4.78 is 6.25. The first-order valence-electron chi connectivity index (χ1n) is 11.5. The van der Waals surface area contributed by atoms with Crippen molar-refractivity contribution in [1.82, 2.24) is 14.9 Å². The number of fused-ring (bicyclic) bond motifs is 1. The molecule has 190 valence electrons. The van der Waals surface area contributed by atoms with Gasteiger partial charge in [-0.05, 0) is 36.8 Å². The number of non-ortho nitro benzene ring substituents is 1. The number of ether oxygens (including phenoxy) is 1. The van der Waals surface area contributed by atoms with Gasteiger partial charge in [0.2, 0.25) is 5.91 Å². The van der Waals surface area contributed by atoms with E-state index in [1.807, 2.05) is 24.4 Å². The molecule has 0 spiro atoms. The highest BCUT2D eigenvalue weighted by Gasteiger charge is 2.60. The van der Waals surface area contributed by atoms with Gasteiger partial charge in [-0.15, -0.1) is 11.3 Å². The van der Waals surface area contributed by atoms with E-state index in [0.717, 1.165) is 11.3 Å². The highest BCUT2D eigenvalue weighted by Crippen LogP contribution is 2.52. The molecule has 0 aliphatic carbocycles. The van der Waals surface area contributed by atoms with Crippen LogP contribution in [0.5, 0.6) is 0 Å². The fourth-order valence-electron chi connectivity index (χ4n) is 4.63. The van der Waals surface area contributed by atoms with Crippen molar-refractivity contribution in [3.8, 4) is 11.3 Å². The number of amides is 1. The molecule has 1 N–H and O–H groups in total. The number of aromatic nitrogens is 2. The van der Waals surface area contributed by atoms with Crippen molar-refractivity contribution in [2.75, 3.05) is 0 Å². The average molecular weight is 539 g/mol. The van der Waals surface area contributed by atoms with Crippen LogP contribution in [0.2, 0.25) is 0 Å². The number of pyridine rings is 1. The normalized spacial score (nSPS) is 21.4. The summed E-state index contributed by atoms with van der Waals surface area (Å²) >= 11 is 2.75. The highest BCUT2D eigenvalue weighted by atomic mass is 32.2. The van der Waals surface area contributed by atoms with Gasteiger partial charge in [0, 0.05) is 46.3 Å². The fraction of sp³-hybridized carbons (Fsp3) is 0.280. The third kappa shape index (κ3) is 4.63. The predicted molar refractivity (Wildman–Crippen MR) is 136 cm³/mol. The molecule has 10 nitrogen and oxygen atoms in total. The Morgan fingerprint density at radius 2 is 1.97 bits per heavy atom. The van der Waals surface area contributed by atoms with Crippen molar-refractivity contribution in [3.05, 3.63) is 80.5 Å². The van der Waals surface area contributed by atoms with Crippen LogP contribution in [0.1, 0.15) is 19.4 Å². The summed E-state index contributed by atoms with van der Waals surface area (Å²) in [6.07, 6.45) is 2.53. The van der Waals surface area contributed by atoms with Crippen molar-refractivity contribution in [2.24, 2.45) is 11.8 Å². The molecule has 3 aromatic rings. The van der Waals surface area contributed by atoms with Gasteiger partial charge in [-0.2, -0.15) is 0 Å². The van der Waals surface area contributed by atoms with Crippen molar-refractivity contribution >= 4 is 40.7 Å². The van der Waals surface area contributed by atoms with Gasteiger partial charge >= 0.3 is 5.97 Å². The zero-order valence-electron chi connectivity index (χ0n) is 19.8.